The first kappa shape index (κ1) is 29.3. The van der Waals surface area contributed by atoms with Gasteiger partial charge in [-0.25, -0.2) is 13.8 Å². The molecule has 4 N–H and O–H groups in total. The van der Waals surface area contributed by atoms with E-state index in [9.17, 15) is 23.2 Å². The summed E-state index contributed by atoms with van der Waals surface area (Å²) in [4.78, 5) is 48.5. The third-order valence-electron chi connectivity index (χ3n) is 7.31. The molecule has 8 nitrogen and oxygen atoms in total. The van der Waals surface area contributed by atoms with Crippen molar-refractivity contribution in [1.82, 2.24) is 20.2 Å². The van der Waals surface area contributed by atoms with Gasteiger partial charge in [-0.1, -0.05) is 20.8 Å². The van der Waals surface area contributed by atoms with Crippen LogP contribution in [-0.4, -0.2) is 45.2 Å². The fourth-order valence-electron chi connectivity index (χ4n) is 5.25. The summed E-state index contributed by atoms with van der Waals surface area (Å²) < 4.78 is 27.5. The molecule has 208 valence electrons. The first-order valence-electron chi connectivity index (χ1n) is 13.4. The molecule has 3 rings (SSSR count). The van der Waals surface area contributed by atoms with Gasteiger partial charge in [-0.2, -0.15) is 0 Å². The number of nitrogens with zero attached hydrogens (tertiary/aromatic N) is 2. The molecule has 4 atom stereocenters. The van der Waals surface area contributed by atoms with Gasteiger partial charge < -0.3 is 20.9 Å². The molecular formula is C28H39F2N5O3. The van der Waals surface area contributed by atoms with Crippen LogP contribution in [0.15, 0.2) is 24.4 Å². The molecule has 0 saturated carbocycles. The van der Waals surface area contributed by atoms with Gasteiger partial charge in [0.05, 0.1) is 29.8 Å². The lowest BCUT2D eigenvalue weighted by atomic mass is 9.81. The smallest absolute Gasteiger partial charge is 0.225 e. The summed E-state index contributed by atoms with van der Waals surface area (Å²) in [5, 5.41) is 2.86. The predicted octanol–water partition coefficient (Wildman–Crippen LogP) is 4.48. The van der Waals surface area contributed by atoms with Crippen molar-refractivity contribution in [2.45, 2.75) is 78.3 Å². The maximum atomic E-state index is 14.2. The monoisotopic (exact) mass is 531 g/mol. The predicted molar refractivity (Wildman–Crippen MR) is 140 cm³/mol. The van der Waals surface area contributed by atoms with Crippen molar-refractivity contribution < 1.29 is 23.2 Å². The topological polar surface area (TPSA) is 121 Å². The Hall–Kier alpha value is -3.30. The van der Waals surface area contributed by atoms with Crippen LogP contribution in [0.1, 0.15) is 78.1 Å². The Morgan fingerprint density at radius 1 is 1.18 bits per heavy atom. The SMILES string of the molecule is CC[C@H]1CCCCN1C(=O)C[C@H](C(=O)N[C@@H](C)c1ncc(-c2ccc(F)cc2F)[nH]1)C(CC(C)C)C(N)=O. The number of hydrogen-bond donors (Lipinski definition) is 3. The maximum Gasteiger partial charge on any atom is 0.225 e. The van der Waals surface area contributed by atoms with Crippen LogP contribution in [-0.2, 0) is 14.4 Å². The van der Waals surface area contributed by atoms with Crippen LogP contribution in [0.4, 0.5) is 8.78 Å². The third kappa shape index (κ3) is 7.17. The second-order valence-corrected chi connectivity index (χ2v) is 10.6. The highest BCUT2D eigenvalue weighted by atomic mass is 19.1. The van der Waals surface area contributed by atoms with E-state index in [1.54, 1.807) is 6.92 Å². The average Bonchev–Trinajstić information content (AvgIpc) is 3.35. The molecule has 1 saturated heterocycles. The van der Waals surface area contributed by atoms with Crippen LogP contribution in [0, 0.1) is 29.4 Å². The average molecular weight is 532 g/mol. The fourth-order valence-corrected chi connectivity index (χ4v) is 5.25. The van der Waals surface area contributed by atoms with E-state index in [-0.39, 0.29) is 29.9 Å². The highest BCUT2D eigenvalue weighted by Crippen LogP contribution is 2.29. The Morgan fingerprint density at radius 2 is 1.92 bits per heavy atom. The molecule has 1 fully saturated rings. The lowest BCUT2D eigenvalue weighted by Crippen LogP contribution is -2.48. The van der Waals surface area contributed by atoms with Crippen molar-refractivity contribution in [3.63, 3.8) is 0 Å². The van der Waals surface area contributed by atoms with Crippen LogP contribution in [0.25, 0.3) is 11.3 Å². The van der Waals surface area contributed by atoms with E-state index in [1.165, 1.54) is 12.3 Å². The van der Waals surface area contributed by atoms with Crippen LogP contribution >= 0.6 is 0 Å². The molecule has 1 aliphatic rings. The fraction of sp³-hybridized carbons (Fsp3) is 0.571. The zero-order valence-corrected chi connectivity index (χ0v) is 22.6. The van der Waals surface area contributed by atoms with Crippen molar-refractivity contribution in [3.05, 3.63) is 41.9 Å². The number of nitrogens with one attached hydrogen (secondary N) is 2. The largest absolute Gasteiger partial charge is 0.369 e. The number of imidazole rings is 1. The first-order valence-corrected chi connectivity index (χ1v) is 13.4. The Bertz CT molecular complexity index is 1140. The summed E-state index contributed by atoms with van der Waals surface area (Å²) in [6.07, 6.45) is 5.41. The summed E-state index contributed by atoms with van der Waals surface area (Å²) in [5.74, 6) is -3.96. The summed E-state index contributed by atoms with van der Waals surface area (Å²) in [6.45, 7) is 8.25. The van der Waals surface area contributed by atoms with Gasteiger partial charge in [0, 0.05) is 30.6 Å². The third-order valence-corrected chi connectivity index (χ3v) is 7.31. The van der Waals surface area contributed by atoms with E-state index in [2.05, 4.69) is 15.3 Å². The van der Waals surface area contributed by atoms with Gasteiger partial charge in [0.15, 0.2) is 0 Å². The number of likely N-dealkylation sites (tertiary alicyclic amines) is 1. The van der Waals surface area contributed by atoms with Crippen LogP contribution in [0.2, 0.25) is 0 Å². The molecule has 0 radical (unpaired) electrons. The molecule has 0 spiro atoms. The summed E-state index contributed by atoms with van der Waals surface area (Å²) in [6, 6.07) is 2.73. The molecule has 3 amide bonds. The maximum absolute atomic E-state index is 14.2. The second-order valence-electron chi connectivity index (χ2n) is 10.6. The minimum absolute atomic E-state index is 0.0898. The lowest BCUT2D eigenvalue weighted by molar-refractivity contribution is -0.142. The number of benzene rings is 1. The number of amides is 3. The van der Waals surface area contributed by atoms with E-state index in [0.717, 1.165) is 37.8 Å². The summed E-state index contributed by atoms with van der Waals surface area (Å²) >= 11 is 0. The Balaban J connectivity index is 1.81. The van der Waals surface area contributed by atoms with Crippen LogP contribution in [0.3, 0.4) is 0 Å². The second kappa shape index (κ2) is 13.0. The van der Waals surface area contributed by atoms with Gasteiger partial charge in [-0.05, 0) is 57.1 Å². The van der Waals surface area contributed by atoms with Gasteiger partial charge in [-0.15, -0.1) is 0 Å². The van der Waals surface area contributed by atoms with Crippen LogP contribution in [0.5, 0.6) is 0 Å². The molecule has 2 aromatic rings. The van der Waals surface area contributed by atoms with Gasteiger partial charge in [0.25, 0.3) is 0 Å². The molecule has 38 heavy (non-hydrogen) atoms. The summed E-state index contributed by atoms with van der Waals surface area (Å²) in [7, 11) is 0. The number of carbonyl (C=O) groups is 3. The van der Waals surface area contributed by atoms with E-state index >= 15 is 0 Å². The number of aromatic amines is 1. The Morgan fingerprint density at radius 3 is 2.55 bits per heavy atom. The van der Waals surface area contributed by atoms with Gasteiger partial charge in [-0.3, -0.25) is 14.4 Å². The lowest BCUT2D eigenvalue weighted by Gasteiger charge is -2.37. The van der Waals surface area contributed by atoms with E-state index in [1.807, 2.05) is 25.7 Å². The minimum Gasteiger partial charge on any atom is -0.369 e. The molecule has 1 aromatic carbocycles. The van der Waals surface area contributed by atoms with Gasteiger partial charge in [0.1, 0.15) is 17.5 Å². The number of piperidine rings is 1. The number of rotatable bonds is 11. The van der Waals surface area contributed by atoms with Crippen molar-refractivity contribution in [3.8, 4) is 11.3 Å². The van der Waals surface area contributed by atoms with Crippen molar-refractivity contribution in [2.75, 3.05) is 6.54 Å². The first-order chi connectivity index (χ1) is 18.0. The standard InChI is InChI=1S/C28H39F2N5O3/c1-5-19-8-6-7-11-35(19)25(36)14-22(21(26(31)37)12-16(2)3)28(38)33-17(4)27-32-15-24(34-27)20-10-9-18(29)13-23(20)30/h9-10,13,15-17,19,21-22H,5-8,11-12,14H2,1-4H3,(H2,31,37)(H,32,34)(H,33,38)/t17-,19-,21?,22-/m0/s1. The number of halogens is 2. The highest BCUT2D eigenvalue weighted by molar-refractivity contribution is 5.91. The Labute approximate surface area is 222 Å². The van der Waals surface area contributed by atoms with Crippen molar-refractivity contribution in [1.29, 1.82) is 0 Å². The normalized spacial score (nSPS) is 18.2. The van der Waals surface area contributed by atoms with Gasteiger partial charge >= 0.3 is 0 Å². The molecule has 2 heterocycles. The molecule has 10 heteroatoms. The molecule has 1 aliphatic heterocycles. The summed E-state index contributed by atoms with van der Waals surface area (Å²) in [5.41, 5.74) is 6.21. The molecule has 1 aromatic heterocycles. The van der Waals surface area contributed by atoms with E-state index in [4.69, 9.17) is 5.73 Å². The van der Waals surface area contributed by atoms with E-state index in [0.29, 0.717) is 24.5 Å². The van der Waals surface area contributed by atoms with Crippen molar-refractivity contribution >= 4 is 17.7 Å². The van der Waals surface area contributed by atoms with Crippen LogP contribution < -0.4 is 11.1 Å². The number of nitrogens with two attached hydrogens (primary N) is 1. The number of hydrogen-bond acceptors (Lipinski definition) is 4. The number of H-pyrrole nitrogens is 1. The number of primary amides is 1. The zero-order valence-electron chi connectivity index (χ0n) is 22.6. The number of aromatic nitrogens is 2. The Kier molecular flexibility index (Phi) is 9.99. The zero-order chi connectivity index (χ0) is 28.0. The molecule has 1 unspecified atom stereocenters. The quantitative estimate of drug-likeness (QED) is 0.396. The number of carbonyl (C=O) groups excluding carboxylic acids is 3. The van der Waals surface area contributed by atoms with Gasteiger partial charge in [0.2, 0.25) is 17.7 Å². The molecule has 0 aliphatic carbocycles. The molecular weight excluding hydrogens is 492 g/mol. The highest BCUT2D eigenvalue weighted by Gasteiger charge is 2.37. The van der Waals surface area contributed by atoms with E-state index < -0.39 is 41.3 Å². The van der Waals surface area contributed by atoms with Crippen molar-refractivity contribution in [2.24, 2.45) is 23.5 Å². The molecule has 0 bridgehead atoms. The minimum atomic E-state index is -0.937.